The van der Waals surface area contributed by atoms with Crippen molar-refractivity contribution in [3.05, 3.63) is 71.2 Å². The van der Waals surface area contributed by atoms with Gasteiger partial charge in [0.1, 0.15) is 28.8 Å². The van der Waals surface area contributed by atoms with Gasteiger partial charge in [-0.15, -0.1) is 0 Å². The number of carbonyl (C=O) groups is 1. The SMILES string of the molecule is O=C1C=C(O)C(=C/C=C\C=C/c2c(O)cc(O)cc2O)C(O)=C1. The van der Waals surface area contributed by atoms with Crippen LogP contribution in [0.25, 0.3) is 6.08 Å². The number of benzene rings is 1. The van der Waals surface area contributed by atoms with Crippen molar-refractivity contribution in [2.24, 2.45) is 0 Å². The van der Waals surface area contributed by atoms with E-state index in [0.29, 0.717) is 0 Å². The first-order valence-electron chi connectivity index (χ1n) is 6.54. The predicted octanol–water partition coefficient (Wildman–Crippen LogP) is 2.77. The number of phenolic OH excluding ortho intramolecular Hbond substituents is 3. The first-order valence-corrected chi connectivity index (χ1v) is 6.54. The second-order valence-corrected chi connectivity index (χ2v) is 4.68. The first kappa shape index (κ1) is 16.0. The molecule has 0 fully saturated rings. The molecule has 0 aliphatic heterocycles. The lowest BCUT2D eigenvalue weighted by molar-refractivity contribution is -0.110. The van der Waals surface area contributed by atoms with E-state index < -0.39 is 5.78 Å². The highest BCUT2D eigenvalue weighted by Gasteiger charge is 2.15. The van der Waals surface area contributed by atoms with Gasteiger partial charge in [-0.3, -0.25) is 4.79 Å². The van der Waals surface area contributed by atoms with Crippen LogP contribution in [0.3, 0.4) is 0 Å². The number of carbonyl (C=O) groups excluding carboxylic acids is 1. The molecule has 1 aliphatic carbocycles. The number of aliphatic hydroxyl groups excluding tert-OH is 2. The highest BCUT2D eigenvalue weighted by atomic mass is 16.3. The largest absolute Gasteiger partial charge is 0.508 e. The van der Waals surface area contributed by atoms with Crippen LogP contribution in [0.4, 0.5) is 0 Å². The third-order valence-corrected chi connectivity index (χ3v) is 2.98. The van der Waals surface area contributed by atoms with E-state index in [2.05, 4.69) is 0 Å². The maximum Gasteiger partial charge on any atom is 0.186 e. The average molecular weight is 314 g/mol. The van der Waals surface area contributed by atoms with Gasteiger partial charge in [0.2, 0.25) is 0 Å². The van der Waals surface area contributed by atoms with E-state index in [1.54, 1.807) is 0 Å². The van der Waals surface area contributed by atoms with Gasteiger partial charge in [0.25, 0.3) is 0 Å². The lowest BCUT2D eigenvalue weighted by Crippen LogP contribution is -2.04. The Morgan fingerprint density at radius 2 is 1.35 bits per heavy atom. The van der Waals surface area contributed by atoms with Crippen LogP contribution in [0.2, 0.25) is 0 Å². The van der Waals surface area contributed by atoms with Crippen LogP contribution in [0.15, 0.2) is 65.7 Å². The molecule has 2 rings (SSSR count). The number of hydrogen-bond acceptors (Lipinski definition) is 6. The minimum Gasteiger partial charge on any atom is -0.508 e. The van der Waals surface area contributed by atoms with Crippen molar-refractivity contribution in [1.29, 1.82) is 0 Å². The van der Waals surface area contributed by atoms with Crippen LogP contribution in [-0.2, 0) is 4.79 Å². The summed E-state index contributed by atoms with van der Waals surface area (Å²) < 4.78 is 0. The summed E-state index contributed by atoms with van der Waals surface area (Å²) in [5, 5.41) is 47.6. The Hall–Kier alpha value is -3.41. The molecule has 0 amide bonds. The molecule has 1 aromatic rings. The maximum absolute atomic E-state index is 11.1. The van der Waals surface area contributed by atoms with Crippen LogP contribution in [-0.4, -0.2) is 31.3 Å². The summed E-state index contributed by atoms with van der Waals surface area (Å²) in [6, 6.07) is 2.19. The van der Waals surface area contributed by atoms with Crippen LogP contribution < -0.4 is 0 Å². The zero-order chi connectivity index (χ0) is 17.0. The highest BCUT2D eigenvalue weighted by Crippen LogP contribution is 2.32. The Balaban J connectivity index is 2.14. The van der Waals surface area contributed by atoms with Crippen molar-refractivity contribution in [2.75, 3.05) is 0 Å². The molecule has 0 bridgehead atoms. The minimum atomic E-state index is -0.501. The molecular formula is C17H14O6. The first-order chi connectivity index (χ1) is 10.9. The predicted molar refractivity (Wildman–Crippen MR) is 84.1 cm³/mol. The highest BCUT2D eigenvalue weighted by molar-refractivity contribution is 6.02. The normalized spacial score (nSPS) is 15.1. The molecule has 0 unspecified atom stereocenters. The Morgan fingerprint density at radius 3 is 1.91 bits per heavy atom. The fourth-order valence-electron chi connectivity index (χ4n) is 1.92. The fraction of sp³-hybridized carbons (Fsp3) is 0. The summed E-state index contributed by atoms with van der Waals surface area (Å²) >= 11 is 0. The molecule has 1 aromatic carbocycles. The monoisotopic (exact) mass is 314 g/mol. The molecule has 0 heterocycles. The third-order valence-electron chi connectivity index (χ3n) is 2.98. The number of aromatic hydroxyl groups is 3. The van der Waals surface area contributed by atoms with Gasteiger partial charge >= 0.3 is 0 Å². The molecule has 23 heavy (non-hydrogen) atoms. The van der Waals surface area contributed by atoms with E-state index in [4.69, 9.17) is 0 Å². The summed E-state index contributed by atoms with van der Waals surface area (Å²) in [5.74, 6) is -1.99. The van der Waals surface area contributed by atoms with E-state index >= 15 is 0 Å². The maximum atomic E-state index is 11.1. The van der Waals surface area contributed by atoms with Gasteiger partial charge in [0.05, 0.1) is 11.1 Å². The zero-order valence-electron chi connectivity index (χ0n) is 11.8. The van der Waals surface area contributed by atoms with Gasteiger partial charge in [0.15, 0.2) is 5.78 Å². The molecular weight excluding hydrogens is 300 g/mol. The lowest BCUT2D eigenvalue weighted by Gasteiger charge is -2.08. The van der Waals surface area contributed by atoms with Crippen LogP contribution in [0.1, 0.15) is 5.56 Å². The van der Waals surface area contributed by atoms with Crippen LogP contribution in [0, 0.1) is 0 Å². The van der Waals surface area contributed by atoms with E-state index in [-0.39, 0.29) is 39.9 Å². The smallest absolute Gasteiger partial charge is 0.186 e. The molecule has 118 valence electrons. The van der Waals surface area contributed by atoms with Crippen molar-refractivity contribution >= 4 is 11.9 Å². The molecule has 6 heteroatoms. The zero-order valence-corrected chi connectivity index (χ0v) is 11.8. The second kappa shape index (κ2) is 6.57. The molecule has 0 saturated carbocycles. The van der Waals surface area contributed by atoms with E-state index in [1.807, 2.05) is 0 Å². The number of hydrogen-bond donors (Lipinski definition) is 5. The van der Waals surface area contributed by atoms with Crippen molar-refractivity contribution in [3.63, 3.8) is 0 Å². The number of phenols is 3. The molecule has 0 aromatic heterocycles. The lowest BCUT2D eigenvalue weighted by atomic mass is 10.0. The fourth-order valence-corrected chi connectivity index (χ4v) is 1.92. The van der Waals surface area contributed by atoms with Gasteiger partial charge in [-0.25, -0.2) is 0 Å². The standard InChI is InChI=1S/C17H14O6/c18-10-6-14(20)12(15(21)7-10)4-2-1-3-5-13-16(22)8-11(19)9-17(13)23/h1-9,18,20-23H/b3-1-,4-2-. The molecule has 0 saturated heterocycles. The van der Waals surface area contributed by atoms with Gasteiger partial charge in [-0.1, -0.05) is 18.2 Å². The molecule has 0 atom stereocenters. The Morgan fingerprint density at radius 1 is 0.783 bits per heavy atom. The summed E-state index contributed by atoms with van der Waals surface area (Å²) in [6.07, 6.45) is 9.29. The van der Waals surface area contributed by atoms with Gasteiger partial charge in [-0.05, 0) is 12.2 Å². The third kappa shape index (κ3) is 3.82. The quantitative estimate of drug-likeness (QED) is 0.547. The van der Waals surface area contributed by atoms with Gasteiger partial charge in [-0.2, -0.15) is 0 Å². The van der Waals surface area contributed by atoms with Gasteiger partial charge in [0, 0.05) is 24.3 Å². The Labute approximate surface area is 131 Å². The Bertz CT molecular complexity index is 746. The second-order valence-electron chi connectivity index (χ2n) is 4.68. The van der Waals surface area contributed by atoms with E-state index in [0.717, 1.165) is 24.3 Å². The summed E-state index contributed by atoms with van der Waals surface area (Å²) in [6.45, 7) is 0. The number of aliphatic hydroxyl groups is 2. The van der Waals surface area contributed by atoms with Crippen molar-refractivity contribution in [2.45, 2.75) is 0 Å². The van der Waals surface area contributed by atoms with Crippen molar-refractivity contribution in [3.8, 4) is 17.2 Å². The Kier molecular flexibility index (Phi) is 4.56. The summed E-state index contributed by atoms with van der Waals surface area (Å²) in [5.41, 5.74) is 0.235. The van der Waals surface area contributed by atoms with Crippen molar-refractivity contribution < 1.29 is 30.3 Å². The van der Waals surface area contributed by atoms with Gasteiger partial charge < -0.3 is 25.5 Å². The van der Waals surface area contributed by atoms with E-state index in [1.165, 1.54) is 30.4 Å². The molecule has 1 aliphatic rings. The average Bonchev–Trinajstić information content (AvgIpc) is 2.42. The number of allylic oxidation sites excluding steroid dienone is 6. The summed E-state index contributed by atoms with van der Waals surface area (Å²) in [4.78, 5) is 11.1. The van der Waals surface area contributed by atoms with Crippen molar-refractivity contribution in [1.82, 2.24) is 0 Å². The molecule has 0 spiro atoms. The minimum absolute atomic E-state index is 0.101. The van der Waals surface area contributed by atoms with Crippen LogP contribution in [0.5, 0.6) is 17.2 Å². The number of ketones is 1. The molecule has 6 nitrogen and oxygen atoms in total. The van der Waals surface area contributed by atoms with E-state index in [9.17, 15) is 30.3 Å². The molecule has 5 N–H and O–H groups in total. The van der Waals surface area contributed by atoms with Crippen LogP contribution >= 0.6 is 0 Å². The molecule has 0 radical (unpaired) electrons. The number of rotatable bonds is 3. The topological polar surface area (TPSA) is 118 Å². The summed E-state index contributed by atoms with van der Waals surface area (Å²) in [7, 11) is 0.